The van der Waals surface area contributed by atoms with Gasteiger partial charge < -0.3 is 10.2 Å². The summed E-state index contributed by atoms with van der Waals surface area (Å²) in [6, 6.07) is 0.966. The number of rotatable bonds is 5. The molecule has 1 aliphatic carbocycles. The van der Waals surface area contributed by atoms with Crippen molar-refractivity contribution in [3.63, 3.8) is 0 Å². The van der Waals surface area contributed by atoms with Gasteiger partial charge in [0, 0.05) is 19.1 Å². The maximum absolute atomic E-state index is 3.54. The molecular weight excluding hydrogens is 184 g/mol. The van der Waals surface area contributed by atoms with Crippen LogP contribution in [0.3, 0.4) is 0 Å². The highest BCUT2D eigenvalue weighted by molar-refractivity contribution is 4.95. The largest absolute Gasteiger partial charge is 0.313 e. The molecular formula is C13H24N2. The summed E-state index contributed by atoms with van der Waals surface area (Å²) >= 11 is 0. The molecule has 2 heteroatoms. The Bertz CT molecular complexity index is 227. The minimum atomic E-state index is 0.899. The van der Waals surface area contributed by atoms with Crippen molar-refractivity contribution < 1.29 is 0 Å². The molecule has 86 valence electrons. The number of likely N-dealkylation sites (tertiary alicyclic amines) is 1. The summed E-state index contributed by atoms with van der Waals surface area (Å²) in [5.74, 6) is 0.899. The van der Waals surface area contributed by atoms with Crippen molar-refractivity contribution in [1.82, 2.24) is 10.2 Å². The molecule has 0 radical (unpaired) electrons. The van der Waals surface area contributed by atoms with Crippen LogP contribution >= 0.6 is 0 Å². The van der Waals surface area contributed by atoms with Crippen LogP contribution in [-0.4, -0.2) is 37.1 Å². The van der Waals surface area contributed by atoms with Gasteiger partial charge in [0.25, 0.3) is 0 Å². The average Bonchev–Trinajstić information content (AvgIpc) is 2.94. The van der Waals surface area contributed by atoms with Gasteiger partial charge in [-0.2, -0.15) is 0 Å². The van der Waals surface area contributed by atoms with Crippen LogP contribution in [0.5, 0.6) is 0 Å². The SMILES string of the molecule is CC(C)=CCNCC1CCN(C2CC2)C1. The van der Waals surface area contributed by atoms with Crippen LogP contribution in [0.2, 0.25) is 0 Å². The maximum atomic E-state index is 3.54. The maximum Gasteiger partial charge on any atom is 0.0137 e. The van der Waals surface area contributed by atoms with E-state index in [4.69, 9.17) is 0 Å². The normalized spacial score (nSPS) is 26.9. The van der Waals surface area contributed by atoms with Crippen molar-refractivity contribution in [3.05, 3.63) is 11.6 Å². The van der Waals surface area contributed by atoms with Crippen LogP contribution in [0.15, 0.2) is 11.6 Å². The molecule has 1 heterocycles. The minimum Gasteiger partial charge on any atom is -0.313 e. The lowest BCUT2D eigenvalue weighted by atomic mass is 10.1. The topological polar surface area (TPSA) is 15.3 Å². The molecule has 2 rings (SSSR count). The second-order valence-electron chi connectivity index (χ2n) is 5.32. The molecule has 2 aliphatic rings. The minimum absolute atomic E-state index is 0.899. The van der Waals surface area contributed by atoms with Crippen molar-refractivity contribution in [3.8, 4) is 0 Å². The Hall–Kier alpha value is -0.340. The monoisotopic (exact) mass is 208 g/mol. The van der Waals surface area contributed by atoms with Gasteiger partial charge in [-0.15, -0.1) is 0 Å². The third-order valence-electron chi connectivity index (χ3n) is 3.47. The van der Waals surface area contributed by atoms with Crippen molar-refractivity contribution in [2.45, 2.75) is 39.2 Å². The second kappa shape index (κ2) is 5.13. The van der Waals surface area contributed by atoms with Crippen molar-refractivity contribution in [2.24, 2.45) is 5.92 Å². The van der Waals surface area contributed by atoms with Crippen molar-refractivity contribution in [1.29, 1.82) is 0 Å². The quantitative estimate of drug-likeness (QED) is 0.549. The highest BCUT2D eigenvalue weighted by atomic mass is 15.2. The third-order valence-corrected chi connectivity index (χ3v) is 3.47. The number of hydrogen-bond donors (Lipinski definition) is 1. The molecule has 1 unspecified atom stereocenters. The predicted octanol–water partition coefficient (Wildman–Crippen LogP) is 2.03. The van der Waals surface area contributed by atoms with E-state index in [-0.39, 0.29) is 0 Å². The summed E-state index contributed by atoms with van der Waals surface area (Å²) < 4.78 is 0. The van der Waals surface area contributed by atoms with Crippen LogP contribution in [0.1, 0.15) is 33.1 Å². The summed E-state index contributed by atoms with van der Waals surface area (Å²) in [6.45, 7) is 9.25. The van der Waals surface area contributed by atoms with Gasteiger partial charge in [0.2, 0.25) is 0 Å². The van der Waals surface area contributed by atoms with Crippen LogP contribution in [-0.2, 0) is 0 Å². The van der Waals surface area contributed by atoms with Crippen molar-refractivity contribution >= 4 is 0 Å². The van der Waals surface area contributed by atoms with E-state index in [1.807, 2.05) is 0 Å². The fraction of sp³-hybridized carbons (Fsp3) is 0.846. The lowest BCUT2D eigenvalue weighted by Crippen LogP contribution is -2.27. The van der Waals surface area contributed by atoms with Gasteiger partial charge in [0.15, 0.2) is 0 Å². The first-order valence-corrected chi connectivity index (χ1v) is 6.34. The van der Waals surface area contributed by atoms with E-state index < -0.39 is 0 Å². The smallest absolute Gasteiger partial charge is 0.0137 e. The molecule has 15 heavy (non-hydrogen) atoms. The first kappa shape index (κ1) is 11.2. The van der Waals surface area contributed by atoms with E-state index in [0.29, 0.717) is 0 Å². The Morgan fingerprint density at radius 1 is 1.33 bits per heavy atom. The molecule has 2 nitrogen and oxygen atoms in total. The summed E-state index contributed by atoms with van der Waals surface area (Å²) in [6.07, 6.45) is 6.59. The van der Waals surface area contributed by atoms with Gasteiger partial charge in [-0.3, -0.25) is 0 Å². The van der Waals surface area contributed by atoms with Crippen LogP contribution in [0.25, 0.3) is 0 Å². The van der Waals surface area contributed by atoms with E-state index in [1.54, 1.807) is 0 Å². The molecule has 0 aromatic heterocycles. The number of nitrogens with zero attached hydrogens (tertiary/aromatic N) is 1. The standard InChI is InChI=1S/C13H24N2/c1-11(2)5-7-14-9-12-6-8-15(10-12)13-3-4-13/h5,12-14H,3-4,6-10H2,1-2H3. The molecule has 0 bridgehead atoms. The summed E-state index contributed by atoms with van der Waals surface area (Å²) in [4.78, 5) is 2.69. The fourth-order valence-corrected chi connectivity index (χ4v) is 2.36. The zero-order chi connectivity index (χ0) is 10.7. The second-order valence-corrected chi connectivity index (χ2v) is 5.32. The average molecular weight is 208 g/mol. The Labute approximate surface area is 93.7 Å². The molecule has 0 spiro atoms. The van der Waals surface area contributed by atoms with E-state index in [1.165, 1.54) is 44.5 Å². The first-order chi connectivity index (χ1) is 7.25. The van der Waals surface area contributed by atoms with Crippen LogP contribution < -0.4 is 5.32 Å². The molecule has 1 aliphatic heterocycles. The predicted molar refractivity (Wildman–Crippen MR) is 65.0 cm³/mol. The Kier molecular flexibility index (Phi) is 3.81. The Balaban J connectivity index is 1.58. The summed E-state index contributed by atoms with van der Waals surface area (Å²) in [7, 11) is 0. The van der Waals surface area contributed by atoms with E-state index >= 15 is 0 Å². The zero-order valence-corrected chi connectivity index (χ0v) is 10.1. The van der Waals surface area contributed by atoms with E-state index in [2.05, 4.69) is 30.1 Å². The number of allylic oxidation sites excluding steroid dienone is 1. The fourth-order valence-electron chi connectivity index (χ4n) is 2.36. The lowest BCUT2D eigenvalue weighted by Gasteiger charge is -2.14. The van der Waals surface area contributed by atoms with Crippen LogP contribution in [0, 0.1) is 5.92 Å². The molecule has 2 fully saturated rings. The highest BCUT2D eigenvalue weighted by Crippen LogP contribution is 2.31. The molecule has 0 aromatic rings. The lowest BCUT2D eigenvalue weighted by molar-refractivity contribution is 0.312. The number of hydrogen-bond acceptors (Lipinski definition) is 2. The van der Waals surface area contributed by atoms with E-state index in [9.17, 15) is 0 Å². The van der Waals surface area contributed by atoms with Crippen molar-refractivity contribution in [2.75, 3.05) is 26.2 Å². The van der Waals surface area contributed by atoms with Crippen LogP contribution in [0.4, 0.5) is 0 Å². The Morgan fingerprint density at radius 2 is 2.13 bits per heavy atom. The highest BCUT2D eigenvalue weighted by Gasteiger charge is 2.33. The van der Waals surface area contributed by atoms with Gasteiger partial charge in [-0.25, -0.2) is 0 Å². The van der Waals surface area contributed by atoms with E-state index in [0.717, 1.165) is 18.5 Å². The summed E-state index contributed by atoms with van der Waals surface area (Å²) in [5, 5.41) is 3.54. The third kappa shape index (κ3) is 3.62. The number of nitrogens with one attached hydrogen (secondary N) is 1. The van der Waals surface area contributed by atoms with Gasteiger partial charge in [0.1, 0.15) is 0 Å². The summed E-state index contributed by atoms with van der Waals surface area (Å²) in [5.41, 5.74) is 1.41. The first-order valence-electron chi connectivity index (χ1n) is 6.34. The molecule has 0 aromatic carbocycles. The van der Waals surface area contributed by atoms with Gasteiger partial charge in [0.05, 0.1) is 0 Å². The van der Waals surface area contributed by atoms with Gasteiger partial charge in [-0.05, 0) is 52.1 Å². The molecule has 0 amide bonds. The molecule has 1 N–H and O–H groups in total. The Morgan fingerprint density at radius 3 is 2.80 bits per heavy atom. The van der Waals surface area contributed by atoms with Gasteiger partial charge in [-0.1, -0.05) is 11.6 Å². The zero-order valence-electron chi connectivity index (χ0n) is 10.1. The van der Waals surface area contributed by atoms with Gasteiger partial charge >= 0.3 is 0 Å². The molecule has 1 atom stereocenters. The molecule has 1 saturated heterocycles. The molecule has 1 saturated carbocycles.